The van der Waals surface area contributed by atoms with Crippen LogP contribution in [0.4, 0.5) is 5.13 Å². The SMILES string of the molecule is Cc1csc(NS(=O)(=O)c2c(C)[nH]c(=O)[nH]c2=O)n1. The molecule has 0 unspecified atom stereocenters. The summed E-state index contributed by atoms with van der Waals surface area (Å²) < 4.78 is 26.3. The average molecular weight is 302 g/mol. The normalized spacial score (nSPS) is 11.5. The van der Waals surface area contributed by atoms with Crippen LogP contribution in [-0.2, 0) is 10.0 Å². The fourth-order valence-electron chi connectivity index (χ4n) is 1.48. The van der Waals surface area contributed by atoms with Gasteiger partial charge in [0.2, 0.25) is 0 Å². The predicted molar refractivity (Wildman–Crippen MR) is 70.1 cm³/mol. The van der Waals surface area contributed by atoms with Gasteiger partial charge in [0.05, 0.1) is 5.69 Å². The van der Waals surface area contributed by atoms with Crippen molar-refractivity contribution in [3.63, 3.8) is 0 Å². The molecule has 0 radical (unpaired) electrons. The van der Waals surface area contributed by atoms with Crippen LogP contribution in [-0.4, -0.2) is 23.4 Å². The molecule has 0 aromatic carbocycles. The van der Waals surface area contributed by atoms with Gasteiger partial charge in [0.1, 0.15) is 0 Å². The summed E-state index contributed by atoms with van der Waals surface area (Å²) in [5.74, 6) is 0. The Morgan fingerprint density at radius 3 is 2.47 bits per heavy atom. The second-order valence-electron chi connectivity index (χ2n) is 3.76. The average Bonchev–Trinajstić information content (AvgIpc) is 2.60. The third-order valence-electron chi connectivity index (χ3n) is 2.18. The molecule has 3 N–H and O–H groups in total. The number of anilines is 1. The zero-order valence-corrected chi connectivity index (χ0v) is 11.6. The van der Waals surface area contributed by atoms with Gasteiger partial charge in [0, 0.05) is 11.1 Å². The van der Waals surface area contributed by atoms with Crippen molar-refractivity contribution in [2.45, 2.75) is 18.7 Å². The number of nitrogens with zero attached hydrogens (tertiary/aromatic N) is 1. The van der Waals surface area contributed by atoms with Gasteiger partial charge in [-0.2, -0.15) is 0 Å². The molecule has 0 amide bonds. The maximum absolute atomic E-state index is 12.1. The molecule has 2 aromatic rings. The third kappa shape index (κ3) is 2.74. The number of aromatic amines is 2. The van der Waals surface area contributed by atoms with E-state index in [9.17, 15) is 18.0 Å². The number of aromatic nitrogens is 3. The van der Waals surface area contributed by atoms with Crippen LogP contribution in [0.25, 0.3) is 0 Å². The Hall–Kier alpha value is -1.94. The van der Waals surface area contributed by atoms with Crippen molar-refractivity contribution in [1.82, 2.24) is 15.0 Å². The van der Waals surface area contributed by atoms with E-state index in [1.165, 1.54) is 6.92 Å². The Balaban J connectivity index is 2.52. The Labute approximate surface area is 111 Å². The Bertz CT molecular complexity index is 830. The number of hydrogen-bond acceptors (Lipinski definition) is 6. The van der Waals surface area contributed by atoms with Crippen LogP contribution in [0.3, 0.4) is 0 Å². The number of hydrogen-bond donors (Lipinski definition) is 3. The number of thiazole rings is 1. The standard InChI is InChI=1S/C9H10N4O4S2/c1-4-3-18-9(10-4)13-19(16,17)6-5(2)11-8(15)12-7(6)14/h3H,1-2H3,(H,10,13)(H2,11,12,14,15). The van der Waals surface area contributed by atoms with Crippen molar-refractivity contribution in [3.8, 4) is 0 Å². The molecule has 0 aliphatic carbocycles. The van der Waals surface area contributed by atoms with E-state index in [4.69, 9.17) is 0 Å². The zero-order valence-electron chi connectivity index (χ0n) is 9.97. The van der Waals surface area contributed by atoms with Gasteiger partial charge < -0.3 is 4.98 Å². The summed E-state index contributed by atoms with van der Waals surface area (Å²) in [6, 6.07) is 0. The molecule has 0 saturated carbocycles. The first-order chi connectivity index (χ1) is 8.79. The molecule has 10 heteroatoms. The van der Waals surface area contributed by atoms with Crippen molar-refractivity contribution in [2.75, 3.05) is 4.72 Å². The predicted octanol–water partition coefficient (Wildman–Crippen LogP) is -0.0627. The highest BCUT2D eigenvalue weighted by atomic mass is 32.2. The molecule has 0 aliphatic rings. The molecule has 2 aromatic heterocycles. The zero-order chi connectivity index (χ0) is 14.2. The highest BCUT2D eigenvalue weighted by molar-refractivity contribution is 7.93. The first-order valence-electron chi connectivity index (χ1n) is 5.08. The highest BCUT2D eigenvalue weighted by Crippen LogP contribution is 2.18. The monoisotopic (exact) mass is 302 g/mol. The summed E-state index contributed by atoms with van der Waals surface area (Å²) in [4.78, 5) is 30.1. The van der Waals surface area contributed by atoms with Crippen LogP contribution in [0.2, 0.25) is 0 Å². The van der Waals surface area contributed by atoms with Crippen LogP contribution >= 0.6 is 11.3 Å². The summed E-state index contributed by atoms with van der Waals surface area (Å²) in [6.45, 7) is 3.05. The van der Waals surface area contributed by atoms with Crippen LogP contribution in [0.1, 0.15) is 11.4 Å². The number of rotatable bonds is 3. The third-order valence-corrected chi connectivity index (χ3v) is 4.68. The minimum atomic E-state index is -4.09. The molecule has 19 heavy (non-hydrogen) atoms. The van der Waals surface area contributed by atoms with Gasteiger partial charge in [-0.3, -0.25) is 14.5 Å². The first kappa shape index (κ1) is 13.5. The van der Waals surface area contributed by atoms with Crippen LogP contribution < -0.4 is 16.0 Å². The molecule has 0 saturated heterocycles. The van der Waals surface area contributed by atoms with E-state index in [1.54, 1.807) is 12.3 Å². The number of nitrogens with one attached hydrogen (secondary N) is 3. The number of aryl methyl sites for hydroxylation is 2. The van der Waals surface area contributed by atoms with E-state index in [1.807, 2.05) is 4.98 Å². The summed E-state index contributed by atoms with van der Waals surface area (Å²) in [7, 11) is -4.09. The Morgan fingerprint density at radius 2 is 1.95 bits per heavy atom. The van der Waals surface area contributed by atoms with Gasteiger partial charge in [0.25, 0.3) is 15.6 Å². The van der Waals surface area contributed by atoms with E-state index in [-0.39, 0.29) is 10.8 Å². The van der Waals surface area contributed by atoms with Gasteiger partial charge in [-0.25, -0.2) is 18.2 Å². The maximum atomic E-state index is 12.1. The quantitative estimate of drug-likeness (QED) is 0.732. The molecular formula is C9H10N4O4S2. The molecule has 2 rings (SSSR count). The van der Waals surface area contributed by atoms with Gasteiger partial charge >= 0.3 is 5.69 Å². The van der Waals surface area contributed by atoms with Gasteiger partial charge in [-0.15, -0.1) is 11.3 Å². The van der Waals surface area contributed by atoms with Crippen molar-refractivity contribution in [3.05, 3.63) is 37.6 Å². The number of H-pyrrole nitrogens is 2. The molecule has 0 bridgehead atoms. The second kappa shape index (κ2) is 4.63. The lowest BCUT2D eigenvalue weighted by Gasteiger charge is -2.06. The van der Waals surface area contributed by atoms with E-state index in [0.29, 0.717) is 5.69 Å². The van der Waals surface area contributed by atoms with Crippen LogP contribution in [0.15, 0.2) is 19.9 Å². The first-order valence-corrected chi connectivity index (χ1v) is 7.44. The van der Waals surface area contributed by atoms with Gasteiger partial charge in [-0.1, -0.05) is 0 Å². The largest absolute Gasteiger partial charge is 0.325 e. The molecule has 2 heterocycles. The van der Waals surface area contributed by atoms with Gasteiger partial charge in [0.15, 0.2) is 10.0 Å². The topological polar surface area (TPSA) is 125 Å². The number of sulfonamides is 1. The molecule has 0 atom stereocenters. The van der Waals surface area contributed by atoms with Gasteiger partial charge in [-0.05, 0) is 13.8 Å². The highest BCUT2D eigenvalue weighted by Gasteiger charge is 2.23. The molecule has 8 nitrogen and oxygen atoms in total. The van der Waals surface area contributed by atoms with Crippen molar-refractivity contribution < 1.29 is 8.42 Å². The minimum Gasteiger partial charge on any atom is -0.310 e. The van der Waals surface area contributed by atoms with Crippen molar-refractivity contribution in [2.24, 2.45) is 0 Å². The van der Waals surface area contributed by atoms with Crippen LogP contribution in [0.5, 0.6) is 0 Å². The summed E-state index contributed by atoms with van der Waals surface area (Å²) in [5.41, 5.74) is -1.10. The Morgan fingerprint density at radius 1 is 1.26 bits per heavy atom. The molecule has 0 spiro atoms. The molecule has 0 fully saturated rings. The van der Waals surface area contributed by atoms with E-state index >= 15 is 0 Å². The summed E-state index contributed by atoms with van der Waals surface area (Å²) in [6.07, 6.45) is 0. The Kier molecular flexibility index (Phi) is 3.28. The van der Waals surface area contributed by atoms with Crippen molar-refractivity contribution in [1.29, 1.82) is 0 Å². The summed E-state index contributed by atoms with van der Waals surface area (Å²) >= 11 is 1.10. The van der Waals surface area contributed by atoms with E-state index in [0.717, 1.165) is 11.3 Å². The smallest absolute Gasteiger partial charge is 0.310 e. The lowest BCUT2D eigenvalue weighted by atomic mass is 10.4. The fourth-order valence-corrected chi connectivity index (χ4v) is 3.66. The lowest BCUT2D eigenvalue weighted by Crippen LogP contribution is -2.31. The fraction of sp³-hybridized carbons (Fsp3) is 0.222. The second-order valence-corrected chi connectivity index (χ2v) is 6.24. The van der Waals surface area contributed by atoms with Crippen molar-refractivity contribution >= 4 is 26.5 Å². The minimum absolute atomic E-state index is 0.0328. The van der Waals surface area contributed by atoms with Crippen LogP contribution in [0, 0.1) is 13.8 Å². The summed E-state index contributed by atoms with van der Waals surface area (Å²) in [5, 5.41) is 1.82. The molecular weight excluding hydrogens is 292 g/mol. The molecule has 102 valence electrons. The maximum Gasteiger partial charge on any atom is 0.325 e. The van der Waals surface area contributed by atoms with E-state index < -0.39 is 26.2 Å². The van der Waals surface area contributed by atoms with E-state index in [2.05, 4.69) is 14.7 Å². The lowest BCUT2D eigenvalue weighted by molar-refractivity contribution is 0.598. The molecule has 0 aliphatic heterocycles.